The van der Waals surface area contributed by atoms with Gasteiger partial charge in [-0.25, -0.2) is 9.97 Å². The molecule has 2 rings (SSSR count). The third-order valence-corrected chi connectivity index (χ3v) is 2.88. The lowest BCUT2D eigenvalue weighted by Crippen LogP contribution is -2.17. The van der Waals surface area contributed by atoms with Gasteiger partial charge in [0.1, 0.15) is 17.4 Å². The van der Waals surface area contributed by atoms with E-state index in [0.29, 0.717) is 12.4 Å². The van der Waals surface area contributed by atoms with Gasteiger partial charge in [-0.05, 0) is 19.1 Å². The number of nitrogen functional groups attached to an aromatic ring is 1. The Balaban J connectivity index is 2.56. The molecule has 0 spiro atoms. The van der Waals surface area contributed by atoms with Crippen molar-refractivity contribution in [1.82, 2.24) is 9.97 Å². The number of nitrogens with zero attached hydrogens (tertiary/aromatic N) is 2. The van der Waals surface area contributed by atoms with Gasteiger partial charge in [-0.3, -0.25) is 0 Å². The Bertz CT molecular complexity index is 603. The van der Waals surface area contributed by atoms with Gasteiger partial charge < -0.3 is 10.5 Å². The standard InChI is InChI=1S/C16H21N3O/c1-5-20-13-9-7-6-8-11(13)12-10-14(17)19-15(18-12)16(2,3)4/h6-10H,5H2,1-4H3,(H2,17,18,19). The summed E-state index contributed by atoms with van der Waals surface area (Å²) in [5.41, 5.74) is 7.51. The number of anilines is 1. The first-order chi connectivity index (χ1) is 9.41. The molecule has 4 nitrogen and oxygen atoms in total. The first-order valence-electron chi connectivity index (χ1n) is 6.79. The maximum atomic E-state index is 5.93. The Labute approximate surface area is 120 Å². The molecule has 20 heavy (non-hydrogen) atoms. The smallest absolute Gasteiger partial charge is 0.136 e. The summed E-state index contributed by atoms with van der Waals surface area (Å²) in [5, 5.41) is 0. The van der Waals surface area contributed by atoms with Crippen molar-refractivity contribution in [1.29, 1.82) is 0 Å². The summed E-state index contributed by atoms with van der Waals surface area (Å²) in [5.74, 6) is 2.03. The summed E-state index contributed by atoms with van der Waals surface area (Å²) in [7, 11) is 0. The van der Waals surface area contributed by atoms with Gasteiger partial charge in [0, 0.05) is 17.0 Å². The molecule has 1 aromatic heterocycles. The molecular weight excluding hydrogens is 250 g/mol. The number of benzene rings is 1. The fourth-order valence-corrected chi connectivity index (χ4v) is 1.90. The van der Waals surface area contributed by atoms with Crippen LogP contribution in [-0.4, -0.2) is 16.6 Å². The summed E-state index contributed by atoms with van der Waals surface area (Å²) in [6.07, 6.45) is 0. The molecule has 0 bridgehead atoms. The predicted molar refractivity (Wildman–Crippen MR) is 81.7 cm³/mol. The van der Waals surface area contributed by atoms with E-state index in [1.165, 1.54) is 0 Å². The zero-order chi connectivity index (χ0) is 14.8. The number of rotatable bonds is 3. The predicted octanol–water partition coefficient (Wildman–Crippen LogP) is 3.42. The number of para-hydroxylation sites is 1. The second-order valence-electron chi connectivity index (χ2n) is 5.68. The van der Waals surface area contributed by atoms with Gasteiger partial charge in [0.25, 0.3) is 0 Å². The fourth-order valence-electron chi connectivity index (χ4n) is 1.90. The average Bonchev–Trinajstić information content (AvgIpc) is 2.38. The van der Waals surface area contributed by atoms with Crippen LogP contribution in [0.5, 0.6) is 5.75 Å². The third-order valence-electron chi connectivity index (χ3n) is 2.88. The minimum atomic E-state index is -0.148. The highest BCUT2D eigenvalue weighted by molar-refractivity contribution is 5.68. The Hall–Kier alpha value is -2.10. The van der Waals surface area contributed by atoms with Gasteiger partial charge in [-0.15, -0.1) is 0 Å². The molecule has 1 heterocycles. The second kappa shape index (κ2) is 5.49. The quantitative estimate of drug-likeness (QED) is 0.929. The van der Waals surface area contributed by atoms with E-state index in [4.69, 9.17) is 10.5 Å². The molecule has 106 valence electrons. The van der Waals surface area contributed by atoms with Gasteiger partial charge in [0.15, 0.2) is 0 Å². The highest BCUT2D eigenvalue weighted by Crippen LogP contribution is 2.31. The molecule has 4 heteroatoms. The lowest BCUT2D eigenvalue weighted by Gasteiger charge is -2.18. The van der Waals surface area contributed by atoms with E-state index < -0.39 is 0 Å². The summed E-state index contributed by atoms with van der Waals surface area (Å²) in [6.45, 7) is 8.79. The summed E-state index contributed by atoms with van der Waals surface area (Å²) in [4.78, 5) is 8.98. The van der Waals surface area contributed by atoms with Gasteiger partial charge in [0.05, 0.1) is 12.3 Å². The summed E-state index contributed by atoms with van der Waals surface area (Å²) >= 11 is 0. The molecule has 0 amide bonds. The van der Waals surface area contributed by atoms with Gasteiger partial charge in [-0.1, -0.05) is 32.9 Å². The van der Waals surface area contributed by atoms with E-state index >= 15 is 0 Å². The SMILES string of the molecule is CCOc1ccccc1-c1cc(N)nc(C(C)(C)C)n1. The number of aromatic nitrogens is 2. The van der Waals surface area contributed by atoms with Gasteiger partial charge in [-0.2, -0.15) is 0 Å². The molecule has 0 unspecified atom stereocenters. The topological polar surface area (TPSA) is 61.0 Å². The molecule has 0 radical (unpaired) electrons. The van der Waals surface area contributed by atoms with Crippen LogP contribution in [0.2, 0.25) is 0 Å². The van der Waals surface area contributed by atoms with Crippen LogP contribution in [0.4, 0.5) is 5.82 Å². The van der Waals surface area contributed by atoms with Crippen molar-refractivity contribution >= 4 is 5.82 Å². The summed E-state index contributed by atoms with van der Waals surface area (Å²) in [6, 6.07) is 9.62. The Morgan fingerprint density at radius 1 is 1.15 bits per heavy atom. The van der Waals surface area contributed by atoms with Gasteiger partial charge >= 0.3 is 0 Å². The lowest BCUT2D eigenvalue weighted by molar-refractivity contribution is 0.341. The van der Waals surface area contributed by atoms with Crippen LogP contribution in [0.3, 0.4) is 0 Å². The molecule has 1 aromatic carbocycles. The Kier molecular flexibility index (Phi) is 3.93. The van der Waals surface area contributed by atoms with Crippen LogP contribution in [0.25, 0.3) is 11.3 Å². The summed E-state index contributed by atoms with van der Waals surface area (Å²) < 4.78 is 5.66. The van der Waals surface area contributed by atoms with Crippen LogP contribution in [-0.2, 0) is 5.41 Å². The molecule has 0 aliphatic heterocycles. The van der Waals surface area contributed by atoms with E-state index in [1.54, 1.807) is 6.07 Å². The van der Waals surface area contributed by atoms with Crippen molar-refractivity contribution in [3.8, 4) is 17.0 Å². The minimum absolute atomic E-state index is 0.148. The normalized spacial score (nSPS) is 11.4. The minimum Gasteiger partial charge on any atom is -0.493 e. The zero-order valence-corrected chi connectivity index (χ0v) is 12.5. The molecular formula is C16H21N3O. The molecule has 2 N–H and O–H groups in total. The number of hydrogen-bond acceptors (Lipinski definition) is 4. The second-order valence-corrected chi connectivity index (χ2v) is 5.68. The van der Waals surface area contributed by atoms with Crippen molar-refractivity contribution in [3.05, 3.63) is 36.2 Å². The highest BCUT2D eigenvalue weighted by atomic mass is 16.5. The number of hydrogen-bond donors (Lipinski definition) is 1. The number of ether oxygens (including phenoxy) is 1. The number of nitrogens with two attached hydrogens (primary N) is 1. The molecule has 0 atom stereocenters. The van der Waals surface area contributed by atoms with E-state index in [9.17, 15) is 0 Å². The lowest BCUT2D eigenvalue weighted by atomic mass is 9.95. The van der Waals surface area contributed by atoms with Crippen molar-refractivity contribution in [2.24, 2.45) is 0 Å². The Morgan fingerprint density at radius 2 is 1.85 bits per heavy atom. The van der Waals surface area contributed by atoms with Crippen molar-refractivity contribution in [2.75, 3.05) is 12.3 Å². The maximum Gasteiger partial charge on any atom is 0.136 e. The van der Waals surface area contributed by atoms with Crippen LogP contribution in [0, 0.1) is 0 Å². The van der Waals surface area contributed by atoms with Crippen molar-refractivity contribution < 1.29 is 4.74 Å². The average molecular weight is 271 g/mol. The van der Waals surface area contributed by atoms with E-state index in [1.807, 2.05) is 31.2 Å². The van der Waals surface area contributed by atoms with Crippen LogP contribution in [0.1, 0.15) is 33.5 Å². The van der Waals surface area contributed by atoms with E-state index in [0.717, 1.165) is 22.8 Å². The monoisotopic (exact) mass is 271 g/mol. The molecule has 0 saturated heterocycles. The van der Waals surface area contributed by atoms with Crippen molar-refractivity contribution in [3.63, 3.8) is 0 Å². The van der Waals surface area contributed by atoms with Crippen LogP contribution < -0.4 is 10.5 Å². The van der Waals surface area contributed by atoms with Gasteiger partial charge in [0.2, 0.25) is 0 Å². The van der Waals surface area contributed by atoms with Crippen molar-refractivity contribution in [2.45, 2.75) is 33.1 Å². The van der Waals surface area contributed by atoms with E-state index in [2.05, 4.69) is 30.7 Å². The largest absolute Gasteiger partial charge is 0.493 e. The highest BCUT2D eigenvalue weighted by Gasteiger charge is 2.19. The third kappa shape index (κ3) is 3.07. The zero-order valence-electron chi connectivity index (χ0n) is 12.5. The van der Waals surface area contributed by atoms with Crippen LogP contribution in [0.15, 0.2) is 30.3 Å². The molecule has 0 saturated carbocycles. The fraction of sp³-hybridized carbons (Fsp3) is 0.375. The Morgan fingerprint density at radius 3 is 2.50 bits per heavy atom. The van der Waals surface area contributed by atoms with Crippen LogP contribution >= 0.6 is 0 Å². The molecule has 0 fully saturated rings. The first kappa shape index (κ1) is 14.3. The molecule has 0 aliphatic carbocycles. The molecule has 0 aliphatic rings. The maximum absolute atomic E-state index is 5.93. The van der Waals surface area contributed by atoms with E-state index in [-0.39, 0.29) is 5.41 Å². The first-order valence-corrected chi connectivity index (χ1v) is 6.79. The molecule has 2 aromatic rings.